The normalized spacial score (nSPS) is 14.2. The summed E-state index contributed by atoms with van der Waals surface area (Å²) in [5, 5.41) is 19.8. The molecule has 6 nitrogen and oxygen atoms in total. The van der Waals surface area contributed by atoms with Crippen LogP contribution in [0.25, 0.3) is 0 Å². The fraction of sp³-hybridized carbons (Fsp3) is 0.364. The topological polar surface area (TPSA) is 83.7 Å². The van der Waals surface area contributed by atoms with Crippen molar-refractivity contribution in [2.24, 2.45) is 0 Å². The molecule has 0 saturated heterocycles. The van der Waals surface area contributed by atoms with Crippen LogP contribution in [0.5, 0.6) is 0 Å². The van der Waals surface area contributed by atoms with Gasteiger partial charge in [0.2, 0.25) is 0 Å². The Labute approximate surface area is 116 Å². The molecule has 0 aromatic heterocycles. The van der Waals surface area contributed by atoms with Crippen LogP contribution in [0.15, 0.2) is 16.6 Å². The number of aliphatic carboxylic acids is 1. The zero-order valence-electron chi connectivity index (χ0n) is 9.68. The first kappa shape index (κ1) is 13.7. The zero-order valence-corrected chi connectivity index (χ0v) is 11.3. The van der Waals surface area contributed by atoms with Gasteiger partial charge in [0.25, 0.3) is 5.69 Å². The third-order valence-corrected chi connectivity index (χ3v) is 3.42. The lowest BCUT2D eigenvalue weighted by molar-refractivity contribution is -0.384. The molecule has 0 radical (unpaired) electrons. The highest BCUT2D eigenvalue weighted by atomic mass is 79.9. The summed E-state index contributed by atoms with van der Waals surface area (Å²) in [6.07, 6.45) is 1.55. The molecule has 1 saturated carbocycles. The summed E-state index contributed by atoms with van der Waals surface area (Å²) in [5.41, 5.74) is -0.294. The summed E-state index contributed by atoms with van der Waals surface area (Å²) >= 11 is 2.96. The van der Waals surface area contributed by atoms with Crippen LogP contribution >= 0.6 is 15.9 Å². The van der Waals surface area contributed by atoms with Gasteiger partial charge in [0.1, 0.15) is 18.0 Å². The third kappa shape index (κ3) is 3.01. The van der Waals surface area contributed by atoms with E-state index in [0.717, 1.165) is 18.9 Å². The Morgan fingerprint density at radius 3 is 2.68 bits per heavy atom. The number of benzene rings is 1. The van der Waals surface area contributed by atoms with E-state index < -0.39 is 22.4 Å². The molecular formula is C11H10BrFN2O4. The molecule has 0 spiro atoms. The first-order chi connectivity index (χ1) is 8.90. The quantitative estimate of drug-likeness (QED) is 0.661. The molecule has 1 aliphatic rings. The van der Waals surface area contributed by atoms with Gasteiger partial charge in [-0.05, 0) is 34.8 Å². The molecule has 8 heteroatoms. The molecule has 1 aromatic carbocycles. The summed E-state index contributed by atoms with van der Waals surface area (Å²) in [4.78, 5) is 22.5. The van der Waals surface area contributed by atoms with Crippen LogP contribution in [0, 0.1) is 15.9 Å². The highest BCUT2D eigenvalue weighted by Gasteiger charge is 2.34. The predicted octanol–water partition coefficient (Wildman–Crippen LogP) is 2.55. The maximum Gasteiger partial charge on any atom is 0.323 e. The van der Waals surface area contributed by atoms with Gasteiger partial charge in [-0.15, -0.1) is 0 Å². The van der Waals surface area contributed by atoms with Crippen LogP contribution in [0.2, 0.25) is 0 Å². The highest BCUT2D eigenvalue weighted by Crippen LogP contribution is 2.39. The molecule has 1 fully saturated rings. The summed E-state index contributed by atoms with van der Waals surface area (Å²) in [5.74, 6) is -1.83. The number of rotatable bonds is 5. The van der Waals surface area contributed by atoms with E-state index >= 15 is 0 Å². The minimum atomic E-state index is -1.08. The second-order valence-electron chi connectivity index (χ2n) is 4.26. The van der Waals surface area contributed by atoms with Crippen LogP contribution in [-0.2, 0) is 4.79 Å². The second kappa shape index (κ2) is 5.12. The zero-order chi connectivity index (χ0) is 14.2. The minimum Gasteiger partial charge on any atom is -0.480 e. The monoisotopic (exact) mass is 332 g/mol. The first-order valence-corrected chi connectivity index (χ1v) is 6.31. The maximum absolute atomic E-state index is 13.4. The van der Waals surface area contributed by atoms with Gasteiger partial charge in [0.15, 0.2) is 0 Å². The number of nitro benzene ring substituents is 1. The third-order valence-electron chi connectivity index (χ3n) is 2.82. The van der Waals surface area contributed by atoms with Crippen LogP contribution < -0.4 is 4.90 Å². The average Bonchev–Trinajstić information content (AvgIpc) is 3.12. The van der Waals surface area contributed by atoms with Crippen LogP contribution in [0.3, 0.4) is 0 Å². The Bertz CT molecular complexity index is 548. The Kier molecular flexibility index (Phi) is 3.70. The van der Waals surface area contributed by atoms with Gasteiger partial charge in [-0.25, -0.2) is 4.39 Å². The lowest BCUT2D eigenvalue weighted by Crippen LogP contribution is -2.32. The van der Waals surface area contributed by atoms with Gasteiger partial charge in [0, 0.05) is 6.04 Å². The number of hydrogen-bond donors (Lipinski definition) is 1. The number of carboxylic acid groups (broad SMARTS) is 1. The molecule has 1 N–H and O–H groups in total. The fourth-order valence-corrected chi connectivity index (χ4v) is 2.18. The van der Waals surface area contributed by atoms with Crippen molar-refractivity contribution in [3.63, 3.8) is 0 Å². The van der Waals surface area contributed by atoms with Crippen molar-refractivity contribution in [2.45, 2.75) is 18.9 Å². The highest BCUT2D eigenvalue weighted by molar-refractivity contribution is 9.10. The van der Waals surface area contributed by atoms with Crippen molar-refractivity contribution in [1.82, 2.24) is 0 Å². The molecule has 1 aromatic rings. The van der Waals surface area contributed by atoms with Crippen LogP contribution in [-0.4, -0.2) is 28.6 Å². The Hall–Kier alpha value is -1.70. The van der Waals surface area contributed by atoms with Gasteiger partial charge in [-0.3, -0.25) is 14.9 Å². The van der Waals surface area contributed by atoms with E-state index in [1.807, 2.05) is 0 Å². The summed E-state index contributed by atoms with van der Waals surface area (Å²) in [6, 6.07) is 2.03. The maximum atomic E-state index is 13.4. The molecular weight excluding hydrogens is 323 g/mol. The van der Waals surface area contributed by atoms with Crippen molar-refractivity contribution in [2.75, 3.05) is 11.4 Å². The van der Waals surface area contributed by atoms with Gasteiger partial charge in [-0.2, -0.15) is 0 Å². The van der Waals surface area contributed by atoms with E-state index in [1.165, 1.54) is 11.0 Å². The van der Waals surface area contributed by atoms with Crippen molar-refractivity contribution < 1.29 is 19.2 Å². The van der Waals surface area contributed by atoms with E-state index in [-0.39, 0.29) is 22.7 Å². The Morgan fingerprint density at radius 2 is 2.21 bits per heavy atom. The number of nitro groups is 1. The number of anilines is 1. The van der Waals surface area contributed by atoms with E-state index in [9.17, 15) is 19.3 Å². The Balaban J connectivity index is 2.48. The van der Waals surface area contributed by atoms with E-state index in [1.54, 1.807) is 0 Å². The fourth-order valence-electron chi connectivity index (χ4n) is 1.85. The van der Waals surface area contributed by atoms with Crippen LogP contribution in [0.4, 0.5) is 15.8 Å². The lowest BCUT2D eigenvalue weighted by atomic mass is 10.2. The van der Waals surface area contributed by atoms with Gasteiger partial charge >= 0.3 is 5.97 Å². The predicted molar refractivity (Wildman–Crippen MR) is 68.8 cm³/mol. The summed E-state index contributed by atoms with van der Waals surface area (Å²) in [7, 11) is 0. The van der Waals surface area contributed by atoms with Crippen LogP contribution in [0.1, 0.15) is 12.8 Å². The van der Waals surface area contributed by atoms with E-state index in [0.29, 0.717) is 0 Å². The van der Waals surface area contributed by atoms with Crippen molar-refractivity contribution in [3.8, 4) is 0 Å². The molecule has 0 bridgehead atoms. The lowest BCUT2D eigenvalue weighted by Gasteiger charge is -2.22. The first-order valence-electron chi connectivity index (χ1n) is 5.52. The largest absolute Gasteiger partial charge is 0.480 e. The number of carbonyl (C=O) groups is 1. The summed E-state index contributed by atoms with van der Waals surface area (Å²) < 4.78 is 13.4. The number of nitrogens with zero attached hydrogens (tertiary/aromatic N) is 2. The average molecular weight is 333 g/mol. The van der Waals surface area contributed by atoms with Gasteiger partial charge in [0.05, 0.1) is 15.5 Å². The molecule has 0 atom stereocenters. The molecule has 0 amide bonds. The van der Waals surface area contributed by atoms with Crippen molar-refractivity contribution >= 4 is 33.3 Å². The number of halogens is 2. The van der Waals surface area contributed by atoms with Crippen molar-refractivity contribution in [3.05, 3.63) is 32.5 Å². The standard InChI is InChI=1S/C11H10BrFN2O4/c12-7-3-9(10(15(18)19)4-8(7)13)14(5-11(16)17)6-1-2-6/h3-4,6H,1-2,5H2,(H,16,17). The number of hydrogen-bond acceptors (Lipinski definition) is 4. The molecule has 19 heavy (non-hydrogen) atoms. The molecule has 1 aliphatic carbocycles. The van der Waals surface area contributed by atoms with E-state index in [2.05, 4.69) is 15.9 Å². The van der Waals surface area contributed by atoms with Gasteiger partial charge < -0.3 is 10.0 Å². The second-order valence-corrected chi connectivity index (χ2v) is 5.12. The molecule has 0 heterocycles. The smallest absolute Gasteiger partial charge is 0.323 e. The Morgan fingerprint density at radius 1 is 1.58 bits per heavy atom. The summed E-state index contributed by atoms with van der Waals surface area (Å²) in [6.45, 7) is -0.344. The molecule has 0 aliphatic heterocycles. The molecule has 2 rings (SSSR count). The van der Waals surface area contributed by atoms with Crippen molar-refractivity contribution in [1.29, 1.82) is 0 Å². The molecule has 0 unspecified atom stereocenters. The number of carboxylic acids is 1. The van der Waals surface area contributed by atoms with E-state index in [4.69, 9.17) is 5.11 Å². The van der Waals surface area contributed by atoms with Gasteiger partial charge in [-0.1, -0.05) is 0 Å². The molecule has 102 valence electrons. The SMILES string of the molecule is O=C(O)CN(c1cc(Br)c(F)cc1[N+](=O)[O-])C1CC1. The minimum absolute atomic E-state index is 0.0350.